The van der Waals surface area contributed by atoms with Crippen LogP contribution in [0, 0.1) is 0 Å². The molecular formula is C12H16N2O2S. The molecule has 3 N–H and O–H groups in total. The second-order valence-electron chi connectivity index (χ2n) is 4.03. The minimum absolute atomic E-state index is 0.0180. The van der Waals surface area contributed by atoms with Gasteiger partial charge in [0.25, 0.3) is 0 Å². The van der Waals surface area contributed by atoms with E-state index in [1.165, 1.54) is 0 Å². The largest absolute Gasteiger partial charge is 0.508 e. The Hall–Kier alpha value is -1.20. The average molecular weight is 252 g/mol. The van der Waals surface area contributed by atoms with E-state index in [-0.39, 0.29) is 17.7 Å². The van der Waals surface area contributed by atoms with Gasteiger partial charge in [-0.05, 0) is 12.1 Å². The summed E-state index contributed by atoms with van der Waals surface area (Å²) in [6.07, 6.45) is 0.475. The number of carbonyl (C=O) groups is 1. The molecule has 0 spiro atoms. The van der Waals surface area contributed by atoms with Gasteiger partial charge in [0.15, 0.2) is 0 Å². The SMILES string of the molecule is O=C(CC1CSCCN1)Nc1cccc(O)c1. The third kappa shape index (κ3) is 3.94. The minimum atomic E-state index is -0.0180. The Kier molecular flexibility index (Phi) is 4.28. The van der Waals surface area contributed by atoms with Gasteiger partial charge in [-0.2, -0.15) is 11.8 Å². The van der Waals surface area contributed by atoms with E-state index in [0.29, 0.717) is 12.1 Å². The van der Waals surface area contributed by atoms with Gasteiger partial charge in [0.05, 0.1) is 0 Å². The lowest BCUT2D eigenvalue weighted by Crippen LogP contribution is -2.39. The zero-order chi connectivity index (χ0) is 12.1. The highest BCUT2D eigenvalue weighted by atomic mass is 32.2. The number of carbonyl (C=O) groups excluding carboxylic acids is 1. The Labute approximate surface area is 105 Å². The van der Waals surface area contributed by atoms with Crippen LogP contribution in [0.5, 0.6) is 5.75 Å². The molecule has 0 radical (unpaired) electrons. The summed E-state index contributed by atoms with van der Waals surface area (Å²) in [5, 5.41) is 15.4. The summed E-state index contributed by atoms with van der Waals surface area (Å²) in [7, 11) is 0. The second kappa shape index (κ2) is 5.93. The van der Waals surface area contributed by atoms with Gasteiger partial charge in [0, 0.05) is 42.3 Å². The maximum atomic E-state index is 11.7. The van der Waals surface area contributed by atoms with E-state index in [4.69, 9.17) is 0 Å². The zero-order valence-electron chi connectivity index (χ0n) is 9.48. The summed E-state index contributed by atoms with van der Waals surface area (Å²) in [5.74, 6) is 2.24. The number of hydrogen-bond donors (Lipinski definition) is 3. The van der Waals surface area contributed by atoms with E-state index in [2.05, 4.69) is 10.6 Å². The molecule has 1 heterocycles. The van der Waals surface area contributed by atoms with Crippen molar-refractivity contribution in [1.29, 1.82) is 0 Å². The first-order valence-electron chi connectivity index (χ1n) is 5.64. The van der Waals surface area contributed by atoms with Crippen molar-refractivity contribution in [2.24, 2.45) is 0 Å². The molecule has 5 heteroatoms. The number of nitrogens with one attached hydrogen (secondary N) is 2. The smallest absolute Gasteiger partial charge is 0.225 e. The number of benzene rings is 1. The Morgan fingerprint density at radius 1 is 1.59 bits per heavy atom. The number of hydrogen-bond acceptors (Lipinski definition) is 4. The van der Waals surface area contributed by atoms with Gasteiger partial charge in [-0.1, -0.05) is 6.07 Å². The molecule has 4 nitrogen and oxygen atoms in total. The van der Waals surface area contributed by atoms with Gasteiger partial charge in [0.2, 0.25) is 5.91 Å². The van der Waals surface area contributed by atoms with Crippen LogP contribution in [0.25, 0.3) is 0 Å². The molecule has 1 unspecified atom stereocenters. The van der Waals surface area contributed by atoms with E-state index in [1.54, 1.807) is 24.3 Å². The van der Waals surface area contributed by atoms with Crippen LogP contribution in [0.1, 0.15) is 6.42 Å². The fourth-order valence-electron chi connectivity index (χ4n) is 1.77. The van der Waals surface area contributed by atoms with Gasteiger partial charge in [0.1, 0.15) is 5.75 Å². The van der Waals surface area contributed by atoms with Gasteiger partial charge in [-0.3, -0.25) is 4.79 Å². The quantitative estimate of drug-likeness (QED) is 0.761. The highest BCUT2D eigenvalue weighted by Gasteiger charge is 2.16. The van der Waals surface area contributed by atoms with Crippen LogP contribution >= 0.6 is 11.8 Å². The van der Waals surface area contributed by atoms with Crippen LogP contribution in [0.2, 0.25) is 0 Å². The zero-order valence-corrected chi connectivity index (χ0v) is 10.3. The molecule has 1 atom stereocenters. The van der Waals surface area contributed by atoms with Crippen LogP contribution in [0.4, 0.5) is 5.69 Å². The molecule has 1 fully saturated rings. The molecular weight excluding hydrogens is 236 g/mol. The Morgan fingerprint density at radius 2 is 2.47 bits per heavy atom. The normalized spacial score (nSPS) is 19.9. The average Bonchev–Trinajstić information content (AvgIpc) is 2.30. The number of rotatable bonds is 3. The van der Waals surface area contributed by atoms with E-state index in [9.17, 15) is 9.90 Å². The first-order chi connectivity index (χ1) is 8.24. The molecule has 1 saturated heterocycles. The van der Waals surface area contributed by atoms with E-state index < -0.39 is 0 Å². The summed E-state index contributed by atoms with van der Waals surface area (Å²) >= 11 is 1.87. The third-order valence-corrected chi connectivity index (χ3v) is 3.69. The molecule has 0 aliphatic carbocycles. The van der Waals surface area contributed by atoms with E-state index >= 15 is 0 Å². The van der Waals surface area contributed by atoms with Gasteiger partial charge < -0.3 is 15.7 Å². The molecule has 0 aromatic heterocycles. The van der Waals surface area contributed by atoms with Crippen molar-refractivity contribution in [2.45, 2.75) is 12.5 Å². The van der Waals surface area contributed by atoms with Crippen LogP contribution in [0.3, 0.4) is 0 Å². The van der Waals surface area contributed by atoms with Crippen LogP contribution in [-0.4, -0.2) is 35.1 Å². The molecule has 1 aromatic rings. The van der Waals surface area contributed by atoms with Crippen molar-refractivity contribution >= 4 is 23.4 Å². The first-order valence-corrected chi connectivity index (χ1v) is 6.79. The summed E-state index contributed by atoms with van der Waals surface area (Å²) in [4.78, 5) is 11.7. The van der Waals surface area contributed by atoms with Crippen LogP contribution in [0.15, 0.2) is 24.3 Å². The number of phenols is 1. The maximum absolute atomic E-state index is 11.7. The fraction of sp³-hybridized carbons (Fsp3) is 0.417. The van der Waals surface area contributed by atoms with Crippen LogP contribution in [-0.2, 0) is 4.79 Å². The Bertz CT molecular complexity index is 392. The molecule has 92 valence electrons. The van der Waals surface area contributed by atoms with Crippen LogP contribution < -0.4 is 10.6 Å². The number of aromatic hydroxyl groups is 1. The first kappa shape index (κ1) is 12.3. The molecule has 2 rings (SSSR count). The number of thioether (sulfide) groups is 1. The monoisotopic (exact) mass is 252 g/mol. The number of amides is 1. The standard InChI is InChI=1S/C12H16N2O2S/c15-11-3-1-2-9(6-11)14-12(16)7-10-8-17-5-4-13-10/h1-3,6,10,13,15H,4-5,7-8H2,(H,14,16). The lowest BCUT2D eigenvalue weighted by atomic mass is 10.2. The fourth-order valence-corrected chi connectivity index (χ4v) is 2.72. The van der Waals surface area contributed by atoms with Crippen molar-refractivity contribution in [1.82, 2.24) is 5.32 Å². The topological polar surface area (TPSA) is 61.4 Å². The highest BCUT2D eigenvalue weighted by Crippen LogP contribution is 2.16. The molecule has 0 saturated carbocycles. The Balaban J connectivity index is 1.84. The minimum Gasteiger partial charge on any atom is -0.508 e. The summed E-state index contributed by atoms with van der Waals surface area (Å²) in [6, 6.07) is 6.85. The molecule has 1 amide bonds. The van der Waals surface area contributed by atoms with Gasteiger partial charge in [-0.15, -0.1) is 0 Å². The molecule has 0 bridgehead atoms. The predicted octanol–water partition coefficient (Wildman–Crippen LogP) is 1.43. The molecule has 1 aliphatic rings. The predicted molar refractivity (Wildman–Crippen MR) is 70.5 cm³/mol. The van der Waals surface area contributed by atoms with Gasteiger partial charge >= 0.3 is 0 Å². The highest BCUT2D eigenvalue weighted by molar-refractivity contribution is 7.99. The summed E-state index contributed by atoms with van der Waals surface area (Å²) < 4.78 is 0. The molecule has 17 heavy (non-hydrogen) atoms. The summed E-state index contributed by atoms with van der Waals surface area (Å²) in [6.45, 7) is 0.967. The lowest BCUT2D eigenvalue weighted by molar-refractivity contribution is -0.116. The lowest BCUT2D eigenvalue weighted by Gasteiger charge is -2.22. The number of anilines is 1. The third-order valence-electron chi connectivity index (χ3n) is 2.56. The summed E-state index contributed by atoms with van der Waals surface area (Å²) in [5.41, 5.74) is 0.637. The van der Waals surface area contributed by atoms with Crippen molar-refractivity contribution in [3.8, 4) is 5.75 Å². The van der Waals surface area contributed by atoms with Crippen molar-refractivity contribution in [3.63, 3.8) is 0 Å². The van der Waals surface area contributed by atoms with Crippen molar-refractivity contribution in [3.05, 3.63) is 24.3 Å². The number of phenolic OH excluding ortho intramolecular Hbond substituents is 1. The van der Waals surface area contributed by atoms with Gasteiger partial charge in [-0.25, -0.2) is 0 Å². The van der Waals surface area contributed by atoms with E-state index in [0.717, 1.165) is 18.1 Å². The molecule has 1 aliphatic heterocycles. The van der Waals surface area contributed by atoms with E-state index in [1.807, 2.05) is 11.8 Å². The van der Waals surface area contributed by atoms with Crippen molar-refractivity contribution < 1.29 is 9.90 Å². The second-order valence-corrected chi connectivity index (χ2v) is 5.18. The molecule has 1 aromatic carbocycles. The van der Waals surface area contributed by atoms with Crippen molar-refractivity contribution in [2.75, 3.05) is 23.4 Å². The Morgan fingerprint density at radius 3 is 3.18 bits per heavy atom. The maximum Gasteiger partial charge on any atom is 0.225 e.